The van der Waals surface area contributed by atoms with Gasteiger partial charge in [0.2, 0.25) is 5.91 Å². The maximum atomic E-state index is 12.1. The molecule has 1 saturated heterocycles. The van der Waals surface area contributed by atoms with Crippen molar-refractivity contribution < 1.29 is 4.79 Å². The van der Waals surface area contributed by atoms with Gasteiger partial charge in [-0.1, -0.05) is 42.1 Å². The van der Waals surface area contributed by atoms with Gasteiger partial charge in [0.05, 0.1) is 18.5 Å². The first-order valence-electron chi connectivity index (χ1n) is 6.86. The number of amidine groups is 1. The normalized spacial score (nSPS) is 17.0. The lowest BCUT2D eigenvalue weighted by atomic mass is 10.1. The summed E-state index contributed by atoms with van der Waals surface area (Å²) in [4.78, 5) is 14.8. The third kappa shape index (κ3) is 3.45. The average molecular weight is 329 g/mol. The Hall–Kier alpha value is -1.92. The fourth-order valence-corrected chi connectivity index (χ4v) is 3.50. The summed E-state index contributed by atoms with van der Waals surface area (Å²) in [6, 6.07) is 12.0. The molecule has 0 radical (unpaired) electrons. The number of hydrogen-bond acceptors (Lipinski definition) is 5. The molecule has 0 bridgehead atoms. The lowest BCUT2D eigenvalue weighted by Gasteiger charge is -2.16. The SMILES string of the molecule is Cc1ccccc1CN1C(=O)CS/C1=N/N=C\c1cccs1. The Morgan fingerprint density at radius 3 is 2.91 bits per heavy atom. The number of aryl methyl sites for hydroxylation is 1. The van der Waals surface area contributed by atoms with Crippen LogP contribution in [0, 0.1) is 6.92 Å². The number of thioether (sulfide) groups is 1. The predicted octanol–water partition coefficient (Wildman–Crippen LogP) is 3.52. The Kier molecular flexibility index (Phi) is 4.70. The van der Waals surface area contributed by atoms with E-state index in [0.29, 0.717) is 17.5 Å². The molecule has 1 amide bonds. The zero-order chi connectivity index (χ0) is 15.4. The number of thiophene rings is 1. The summed E-state index contributed by atoms with van der Waals surface area (Å²) < 4.78 is 0. The highest BCUT2D eigenvalue weighted by molar-refractivity contribution is 8.15. The summed E-state index contributed by atoms with van der Waals surface area (Å²) in [6.07, 6.45) is 1.72. The molecule has 1 fully saturated rings. The zero-order valence-electron chi connectivity index (χ0n) is 12.1. The number of carbonyl (C=O) groups excluding carboxylic acids is 1. The lowest BCUT2D eigenvalue weighted by molar-refractivity contribution is -0.124. The highest BCUT2D eigenvalue weighted by Crippen LogP contribution is 2.23. The quantitative estimate of drug-likeness (QED) is 0.636. The zero-order valence-corrected chi connectivity index (χ0v) is 13.7. The summed E-state index contributed by atoms with van der Waals surface area (Å²) in [5.74, 6) is 0.512. The second-order valence-corrected chi connectivity index (χ2v) is 6.76. The fraction of sp³-hybridized carbons (Fsp3) is 0.188. The van der Waals surface area contributed by atoms with Crippen LogP contribution in [-0.2, 0) is 11.3 Å². The highest BCUT2D eigenvalue weighted by Gasteiger charge is 2.28. The van der Waals surface area contributed by atoms with E-state index in [0.717, 1.165) is 10.4 Å². The Morgan fingerprint density at radius 1 is 1.27 bits per heavy atom. The number of hydrogen-bond donors (Lipinski definition) is 0. The van der Waals surface area contributed by atoms with Crippen LogP contribution >= 0.6 is 23.1 Å². The van der Waals surface area contributed by atoms with E-state index in [4.69, 9.17) is 0 Å². The molecule has 0 atom stereocenters. The van der Waals surface area contributed by atoms with Crippen LogP contribution in [0.2, 0.25) is 0 Å². The maximum Gasteiger partial charge on any atom is 0.239 e. The minimum atomic E-state index is 0.0818. The molecule has 2 aromatic rings. The molecule has 6 heteroatoms. The predicted molar refractivity (Wildman–Crippen MR) is 93.5 cm³/mol. The Morgan fingerprint density at radius 2 is 2.14 bits per heavy atom. The van der Waals surface area contributed by atoms with Crippen LogP contribution < -0.4 is 0 Å². The summed E-state index contributed by atoms with van der Waals surface area (Å²) >= 11 is 3.04. The Balaban J connectivity index is 1.76. The summed E-state index contributed by atoms with van der Waals surface area (Å²) in [5, 5.41) is 11.0. The van der Waals surface area contributed by atoms with Crippen molar-refractivity contribution in [2.24, 2.45) is 10.2 Å². The molecule has 0 spiro atoms. The number of nitrogens with zero attached hydrogens (tertiary/aromatic N) is 3. The van der Waals surface area contributed by atoms with Crippen LogP contribution in [0.25, 0.3) is 0 Å². The van der Waals surface area contributed by atoms with Gasteiger partial charge in [-0.05, 0) is 29.5 Å². The van der Waals surface area contributed by atoms with Gasteiger partial charge in [-0.25, -0.2) is 0 Å². The largest absolute Gasteiger partial charge is 0.285 e. The van der Waals surface area contributed by atoms with Crippen LogP contribution in [0.5, 0.6) is 0 Å². The molecule has 0 aliphatic carbocycles. The molecular weight excluding hydrogens is 314 g/mol. The van der Waals surface area contributed by atoms with E-state index in [1.54, 1.807) is 22.5 Å². The number of benzene rings is 1. The van der Waals surface area contributed by atoms with Gasteiger partial charge in [-0.2, -0.15) is 5.10 Å². The second-order valence-electron chi connectivity index (χ2n) is 4.84. The first-order valence-corrected chi connectivity index (χ1v) is 8.73. The Labute approximate surface area is 137 Å². The molecule has 1 aliphatic rings. The van der Waals surface area contributed by atoms with E-state index in [2.05, 4.69) is 23.2 Å². The first-order chi connectivity index (χ1) is 10.7. The van der Waals surface area contributed by atoms with E-state index < -0.39 is 0 Å². The molecule has 3 rings (SSSR count). The van der Waals surface area contributed by atoms with Gasteiger partial charge < -0.3 is 0 Å². The molecule has 0 saturated carbocycles. The second kappa shape index (κ2) is 6.89. The van der Waals surface area contributed by atoms with Crippen LogP contribution in [0.1, 0.15) is 16.0 Å². The first kappa shape index (κ1) is 15.0. The summed E-state index contributed by atoms with van der Waals surface area (Å²) in [7, 11) is 0. The van der Waals surface area contributed by atoms with E-state index in [-0.39, 0.29) is 5.91 Å². The molecule has 2 heterocycles. The standard InChI is InChI=1S/C16H15N3OS2/c1-12-5-2-3-6-13(12)10-19-15(20)11-22-16(19)18-17-9-14-7-4-8-21-14/h2-9H,10-11H2,1H3/b17-9-,18-16+. The molecule has 1 aromatic carbocycles. The lowest BCUT2D eigenvalue weighted by Crippen LogP contribution is -2.29. The number of amides is 1. The molecule has 22 heavy (non-hydrogen) atoms. The van der Waals surface area contributed by atoms with Crippen molar-refractivity contribution in [1.29, 1.82) is 0 Å². The van der Waals surface area contributed by atoms with Gasteiger partial charge in [0, 0.05) is 4.88 Å². The van der Waals surface area contributed by atoms with Crippen molar-refractivity contribution in [3.05, 3.63) is 57.8 Å². The van der Waals surface area contributed by atoms with E-state index >= 15 is 0 Å². The van der Waals surface area contributed by atoms with Crippen molar-refractivity contribution >= 4 is 40.4 Å². The molecule has 4 nitrogen and oxygen atoms in total. The number of carbonyl (C=O) groups is 1. The molecule has 0 N–H and O–H groups in total. The van der Waals surface area contributed by atoms with Crippen LogP contribution in [0.3, 0.4) is 0 Å². The van der Waals surface area contributed by atoms with Gasteiger partial charge in [-0.15, -0.1) is 16.4 Å². The maximum absolute atomic E-state index is 12.1. The van der Waals surface area contributed by atoms with Gasteiger partial charge in [0.1, 0.15) is 0 Å². The summed E-state index contributed by atoms with van der Waals surface area (Å²) in [5.41, 5.74) is 2.31. The minimum absolute atomic E-state index is 0.0818. The average Bonchev–Trinajstić information content (AvgIpc) is 3.14. The molecule has 0 unspecified atom stereocenters. The monoisotopic (exact) mass is 329 g/mol. The van der Waals surface area contributed by atoms with E-state index in [9.17, 15) is 4.79 Å². The van der Waals surface area contributed by atoms with E-state index in [1.165, 1.54) is 17.3 Å². The smallest absolute Gasteiger partial charge is 0.239 e. The van der Waals surface area contributed by atoms with Crippen LogP contribution in [-0.4, -0.2) is 27.9 Å². The summed E-state index contributed by atoms with van der Waals surface area (Å²) in [6.45, 7) is 2.60. The molecule has 1 aliphatic heterocycles. The van der Waals surface area contributed by atoms with Gasteiger partial charge in [0.25, 0.3) is 0 Å². The number of rotatable bonds is 4. The Bertz CT molecular complexity index is 723. The van der Waals surface area contributed by atoms with Crippen molar-refractivity contribution in [3.63, 3.8) is 0 Å². The van der Waals surface area contributed by atoms with Crippen LogP contribution in [0.15, 0.2) is 52.0 Å². The van der Waals surface area contributed by atoms with Crippen molar-refractivity contribution in [1.82, 2.24) is 4.90 Å². The van der Waals surface area contributed by atoms with Crippen molar-refractivity contribution in [2.45, 2.75) is 13.5 Å². The molecular formula is C16H15N3OS2. The van der Waals surface area contributed by atoms with Gasteiger partial charge in [-0.3, -0.25) is 9.69 Å². The third-order valence-corrected chi connectivity index (χ3v) is 5.08. The van der Waals surface area contributed by atoms with E-state index in [1.807, 2.05) is 35.7 Å². The molecule has 1 aromatic heterocycles. The van der Waals surface area contributed by atoms with Crippen molar-refractivity contribution in [3.8, 4) is 0 Å². The van der Waals surface area contributed by atoms with Gasteiger partial charge in [0.15, 0.2) is 5.17 Å². The third-order valence-electron chi connectivity index (χ3n) is 3.32. The molecule has 112 valence electrons. The minimum Gasteiger partial charge on any atom is -0.285 e. The van der Waals surface area contributed by atoms with Crippen molar-refractivity contribution in [2.75, 3.05) is 5.75 Å². The highest BCUT2D eigenvalue weighted by atomic mass is 32.2. The fourth-order valence-electron chi connectivity index (χ4n) is 2.09. The van der Waals surface area contributed by atoms with Gasteiger partial charge >= 0.3 is 0 Å². The van der Waals surface area contributed by atoms with Crippen LogP contribution in [0.4, 0.5) is 0 Å². The topological polar surface area (TPSA) is 45.0 Å².